The molecule has 2 heterocycles. The molecule has 2 aromatic rings. The van der Waals surface area contributed by atoms with Gasteiger partial charge in [0.2, 0.25) is 10.0 Å². The van der Waals surface area contributed by atoms with Crippen molar-refractivity contribution in [3.63, 3.8) is 0 Å². The van der Waals surface area contributed by atoms with Crippen molar-refractivity contribution >= 4 is 44.1 Å². The van der Waals surface area contributed by atoms with E-state index in [1.54, 1.807) is 20.8 Å². The number of ether oxygens (including phenoxy) is 2. The molecule has 1 atom stereocenters. The molecule has 3 rings (SSSR count). The van der Waals surface area contributed by atoms with Crippen LogP contribution in [0.25, 0.3) is 0 Å². The number of likely N-dealkylation sites (N-methyl/N-ethyl adjacent to an activating group) is 1. The van der Waals surface area contributed by atoms with Crippen LogP contribution in [0.5, 0.6) is 0 Å². The van der Waals surface area contributed by atoms with Crippen LogP contribution in [0.4, 0.5) is 9.52 Å². The highest BCUT2D eigenvalue weighted by atomic mass is 32.2. The Morgan fingerprint density at radius 2 is 2.00 bits per heavy atom. The number of thiazole rings is 1. The minimum Gasteiger partial charge on any atom is -0.459 e. The molecule has 1 aromatic heterocycles. The number of rotatable bonds is 9. The lowest BCUT2D eigenvalue weighted by Crippen LogP contribution is -2.36. The van der Waals surface area contributed by atoms with Crippen molar-refractivity contribution in [2.24, 2.45) is 5.16 Å². The third-order valence-corrected chi connectivity index (χ3v) is 7.22. The predicted octanol–water partition coefficient (Wildman–Crippen LogP) is 2.39. The largest absolute Gasteiger partial charge is 0.459 e. The number of esters is 1. The molecule has 1 N–H and O–H groups in total. The van der Waals surface area contributed by atoms with Crippen molar-refractivity contribution < 1.29 is 36.7 Å². The first kappa shape index (κ1) is 27.6. The summed E-state index contributed by atoms with van der Waals surface area (Å²) in [5.41, 5.74) is -0.669. The minimum atomic E-state index is -4.03. The maximum atomic E-state index is 13.3. The van der Waals surface area contributed by atoms with Crippen molar-refractivity contribution in [3.05, 3.63) is 41.2 Å². The van der Waals surface area contributed by atoms with Gasteiger partial charge < -0.3 is 14.3 Å². The maximum absolute atomic E-state index is 13.3. The lowest BCUT2D eigenvalue weighted by Gasteiger charge is -2.22. The fourth-order valence-corrected chi connectivity index (χ4v) is 4.68. The van der Waals surface area contributed by atoms with E-state index < -0.39 is 39.2 Å². The molecule has 0 radical (unpaired) electrons. The number of carbonyl (C=O) groups excluding carboxylic acids is 2. The summed E-state index contributed by atoms with van der Waals surface area (Å²) in [6, 6.07) is 5.31. The van der Waals surface area contributed by atoms with Crippen LogP contribution in [0.3, 0.4) is 0 Å². The molecule has 1 amide bonds. The summed E-state index contributed by atoms with van der Waals surface area (Å²) in [6.07, 6.45) is 1.22. The maximum Gasteiger partial charge on any atom is 0.321 e. The molecule has 0 spiro atoms. The summed E-state index contributed by atoms with van der Waals surface area (Å²) in [5, 5.41) is 5.86. The number of aromatic nitrogens is 1. The minimum absolute atomic E-state index is 0.0253. The van der Waals surface area contributed by atoms with E-state index in [0.717, 1.165) is 10.5 Å². The van der Waals surface area contributed by atoms with Gasteiger partial charge in [0.05, 0.1) is 24.3 Å². The fraction of sp³-hybridized carbons (Fsp3) is 0.455. The number of halogens is 1. The summed E-state index contributed by atoms with van der Waals surface area (Å²) in [7, 11) is -2.77. The summed E-state index contributed by atoms with van der Waals surface area (Å²) in [6.45, 7) is 5.39. The van der Waals surface area contributed by atoms with Gasteiger partial charge in [0.15, 0.2) is 22.1 Å². The van der Waals surface area contributed by atoms with Gasteiger partial charge in [-0.25, -0.2) is 13.4 Å². The molecule has 14 heteroatoms. The van der Waals surface area contributed by atoms with Crippen LogP contribution in [0.2, 0.25) is 0 Å². The van der Waals surface area contributed by atoms with Crippen molar-refractivity contribution in [2.45, 2.75) is 43.8 Å². The zero-order valence-electron chi connectivity index (χ0n) is 20.2. The second kappa shape index (κ2) is 11.4. The quantitative estimate of drug-likeness (QED) is 0.290. The first-order valence-electron chi connectivity index (χ1n) is 10.9. The van der Waals surface area contributed by atoms with Gasteiger partial charge in [-0.15, -0.1) is 0 Å². The molecule has 0 bridgehead atoms. The van der Waals surface area contributed by atoms with E-state index in [9.17, 15) is 22.4 Å². The Morgan fingerprint density at radius 1 is 1.31 bits per heavy atom. The monoisotopic (exact) mass is 542 g/mol. The highest BCUT2D eigenvalue weighted by molar-refractivity contribution is 7.89. The SMILES string of the molecule is CN(CC(=O)OC(C)(C)C)S(=O)(=O)c1ccc(C(=NO[C@@H]2CCOC2)C(=O)Nc2ncc(F)s2)cc1. The molecule has 11 nitrogen and oxygen atoms in total. The van der Waals surface area contributed by atoms with E-state index in [0.29, 0.717) is 31.0 Å². The van der Waals surface area contributed by atoms with Gasteiger partial charge in [0.25, 0.3) is 5.91 Å². The van der Waals surface area contributed by atoms with Crippen LogP contribution >= 0.6 is 11.3 Å². The lowest BCUT2D eigenvalue weighted by molar-refractivity contribution is -0.154. The third kappa shape index (κ3) is 7.53. The van der Waals surface area contributed by atoms with Gasteiger partial charge in [-0.1, -0.05) is 28.6 Å². The lowest BCUT2D eigenvalue weighted by atomic mass is 10.1. The zero-order chi connectivity index (χ0) is 26.5. The van der Waals surface area contributed by atoms with Crippen LogP contribution < -0.4 is 5.32 Å². The van der Waals surface area contributed by atoms with Crippen LogP contribution in [-0.2, 0) is 33.9 Å². The van der Waals surface area contributed by atoms with Crippen molar-refractivity contribution in [2.75, 3.05) is 32.1 Å². The van der Waals surface area contributed by atoms with E-state index >= 15 is 0 Å². The number of benzene rings is 1. The first-order chi connectivity index (χ1) is 16.8. The summed E-state index contributed by atoms with van der Waals surface area (Å²) < 4.78 is 50.4. The standard InChI is InChI=1S/C22H27FN4O7S2/c1-22(2,3)33-18(28)12-27(4)36(30,31)16-7-5-14(6-8-16)19(26-34-15-9-10-32-13-15)20(29)25-21-24-11-17(23)35-21/h5-8,11,15H,9-10,12-13H2,1-4H3,(H,24,25,29)/t15-/m1/s1. The Bertz CT molecular complexity index is 1220. The van der Waals surface area contributed by atoms with Crippen LogP contribution in [0, 0.1) is 5.13 Å². The van der Waals surface area contributed by atoms with Gasteiger partial charge in [-0.2, -0.15) is 8.70 Å². The van der Waals surface area contributed by atoms with Crippen molar-refractivity contribution in [1.29, 1.82) is 0 Å². The number of nitrogens with zero attached hydrogens (tertiary/aromatic N) is 3. The number of sulfonamides is 1. The Balaban J connectivity index is 1.80. The van der Waals surface area contributed by atoms with Crippen LogP contribution in [0.1, 0.15) is 32.8 Å². The first-order valence-corrected chi connectivity index (χ1v) is 13.1. The second-order valence-corrected chi connectivity index (χ2v) is 11.9. The number of amides is 1. The second-order valence-electron chi connectivity index (χ2n) is 8.83. The van der Waals surface area contributed by atoms with Gasteiger partial charge in [-0.05, 0) is 32.9 Å². The fourth-order valence-electron chi connectivity index (χ4n) is 3.02. The van der Waals surface area contributed by atoms with Gasteiger partial charge in [0, 0.05) is 19.0 Å². The molecule has 196 valence electrons. The normalized spacial score (nSPS) is 16.7. The molecule has 0 saturated carbocycles. The van der Waals surface area contributed by atoms with E-state index in [-0.39, 0.29) is 27.4 Å². The van der Waals surface area contributed by atoms with E-state index in [1.807, 2.05) is 0 Å². The molecule has 1 aliphatic rings. The highest BCUT2D eigenvalue weighted by Crippen LogP contribution is 2.20. The molecular formula is C22H27FN4O7S2. The number of carbonyl (C=O) groups is 2. The highest BCUT2D eigenvalue weighted by Gasteiger charge is 2.27. The van der Waals surface area contributed by atoms with E-state index in [2.05, 4.69) is 15.5 Å². The number of nitrogens with one attached hydrogen (secondary N) is 1. The Morgan fingerprint density at radius 3 is 2.56 bits per heavy atom. The predicted molar refractivity (Wildman–Crippen MR) is 130 cm³/mol. The van der Waals surface area contributed by atoms with Crippen molar-refractivity contribution in [1.82, 2.24) is 9.29 Å². The molecule has 1 fully saturated rings. The molecular weight excluding hydrogens is 515 g/mol. The molecule has 0 unspecified atom stereocenters. The van der Waals surface area contributed by atoms with Crippen LogP contribution in [-0.4, -0.2) is 73.8 Å². The molecule has 0 aliphatic carbocycles. The number of hydrogen-bond donors (Lipinski definition) is 1. The molecule has 1 aliphatic heterocycles. The number of hydrogen-bond acceptors (Lipinski definition) is 10. The molecule has 1 saturated heterocycles. The average Bonchev–Trinajstić information content (AvgIpc) is 3.44. The molecule has 36 heavy (non-hydrogen) atoms. The Labute approximate surface area is 212 Å². The van der Waals surface area contributed by atoms with E-state index in [4.69, 9.17) is 14.3 Å². The number of anilines is 1. The topological polar surface area (TPSA) is 136 Å². The average molecular weight is 543 g/mol. The summed E-state index contributed by atoms with van der Waals surface area (Å²) in [5.74, 6) is -1.41. The number of oxime groups is 1. The summed E-state index contributed by atoms with van der Waals surface area (Å²) in [4.78, 5) is 34.0. The third-order valence-electron chi connectivity index (χ3n) is 4.70. The Hall–Kier alpha value is -2.94. The van der Waals surface area contributed by atoms with Gasteiger partial charge in [-0.3, -0.25) is 14.9 Å². The molecule has 1 aromatic carbocycles. The van der Waals surface area contributed by atoms with Gasteiger partial charge >= 0.3 is 5.97 Å². The van der Waals surface area contributed by atoms with Crippen molar-refractivity contribution in [3.8, 4) is 0 Å². The van der Waals surface area contributed by atoms with E-state index in [1.165, 1.54) is 31.3 Å². The smallest absolute Gasteiger partial charge is 0.321 e. The van der Waals surface area contributed by atoms with Gasteiger partial charge in [0.1, 0.15) is 12.1 Å². The summed E-state index contributed by atoms with van der Waals surface area (Å²) >= 11 is 0.641. The zero-order valence-corrected chi connectivity index (χ0v) is 21.8. The Kier molecular flexibility index (Phi) is 8.76. The van der Waals surface area contributed by atoms with Crippen LogP contribution in [0.15, 0.2) is 40.5 Å².